The molecule has 1 aromatic rings. The zero-order valence-corrected chi connectivity index (χ0v) is 8.50. The molecule has 1 aromatic carbocycles. The van der Waals surface area contributed by atoms with Crippen molar-refractivity contribution >= 4 is 0 Å². The molecule has 1 fully saturated rings. The summed E-state index contributed by atoms with van der Waals surface area (Å²) in [5, 5.41) is 3.64. The summed E-state index contributed by atoms with van der Waals surface area (Å²) in [6.45, 7) is 1.23. The van der Waals surface area contributed by atoms with Crippen molar-refractivity contribution in [3.05, 3.63) is 35.4 Å². The van der Waals surface area contributed by atoms with E-state index in [1.165, 1.54) is 32.2 Å². The van der Waals surface area contributed by atoms with E-state index in [9.17, 15) is 0 Å². The first-order valence-electron chi connectivity index (χ1n) is 5.76. The van der Waals surface area contributed by atoms with Crippen LogP contribution in [-0.2, 0) is 6.42 Å². The molecule has 0 saturated carbocycles. The minimum Gasteiger partial charge on any atom is -0.313 e. The second kappa shape index (κ2) is 3.39. The van der Waals surface area contributed by atoms with Crippen LogP contribution in [0.5, 0.6) is 0 Å². The average molecular weight is 187 g/mol. The predicted octanol–water partition coefficient (Wildman–Crippen LogP) is 2.47. The van der Waals surface area contributed by atoms with Gasteiger partial charge in [-0.2, -0.15) is 0 Å². The van der Waals surface area contributed by atoms with Crippen molar-refractivity contribution in [1.29, 1.82) is 0 Å². The number of benzene rings is 1. The van der Waals surface area contributed by atoms with Crippen LogP contribution < -0.4 is 5.32 Å². The fourth-order valence-electron chi connectivity index (χ4n) is 3.06. The molecule has 74 valence electrons. The largest absolute Gasteiger partial charge is 0.313 e. The maximum Gasteiger partial charge on any atom is 0.0136 e. The smallest absolute Gasteiger partial charge is 0.0136 e. The van der Waals surface area contributed by atoms with E-state index in [2.05, 4.69) is 29.6 Å². The number of rotatable bonds is 1. The van der Waals surface area contributed by atoms with Gasteiger partial charge in [-0.3, -0.25) is 0 Å². The maximum absolute atomic E-state index is 3.64. The van der Waals surface area contributed by atoms with E-state index in [1.54, 1.807) is 11.1 Å². The highest BCUT2D eigenvalue weighted by molar-refractivity contribution is 5.36. The van der Waals surface area contributed by atoms with Gasteiger partial charge in [0.2, 0.25) is 0 Å². The van der Waals surface area contributed by atoms with Crippen molar-refractivity contribution in [2.24, 2.45) is 0 Å². The summed E-state index contributed by atoms with van der Waals surface area (Å²) in [4.78, 5) is 0. The van der Waals surface area contributed by atoms with Gasteiger partial charge in [0.1, 0.15) is 0 Å². The Morgan fingerprint density at radius 2 is 2.07 bits per heavy atom. The summed E-state index contributed by atoms with van der Waals surface area (Å²) in [5.41, 5.74) is 3.21. The van der Waals surface area contributed by atoms with Crippen LogP contribution in [0.15, 0.2) is 24.3 Å². The van der Waals surface area contributed by atoms with Gasteiger partial charge in [0.15, 0.2) is 0 Å². The van der Waals surface area contributed by atoms with E-state index in [0.717, 1.165) is 12.0 Å². The minimum atomic E-state index is 0.763. The van der Waals surface area contributed by atoms with Crippen LogP contribution in [0.1, 0.15) is 36.3 Å². The van der Waals surface area contributed by atoms with Crippen LogP contribution >= 0.6 is 0 Å². The summed E-state index contributed by atoms with van der Waals surface area (Å²) in [6, 6.07) is 9.74. The predicted molar refractivity (Wildman–Crippen MR) is 58.5 cm³/mol. The highest BCUT2D eigenvalue weighted by Gasteiger charge is 2.30. The molecule has 1 heterocycles. The third-order valence-electron chi connectivity index (χ3n) is 3.76. The van der Waals surface area contributed by atoms with E-state index in [0.29, 0.717) is 0 Å². The Morgan fingerprint density at radius 3 is 2.93 bits per heavy atom. The molecule has 2 aliphatic rings. The van der Waals surface area contributed by atoms with Crippen LogP contribution in [0.4, 0.5) is 0 Å². The maximum atomic E-state index is 3.64. The van der Waals surface area contributed by atoms with E-state index in [-0.39, 0.29) is 0 Å². The van der Waals surface area contributed by atoms with E-state index < -0.39 is 0 Å². The summed E-state index contributed by atoms with van der Waals surface area (Å²) in [5.74, 6) is 0.800. The van der Waals surface area contributed by atoms with Gasteiger partial charge in [0.05, 0.1) is 0 Å². The number of hydrogen-bond donors (Lipinski definition) is 1. The summed E-state index contributed by atoms with van der Waals surface area (Å²) in [7, 11) is 0. The van der Waals surface area contributed by atoms with Crippen LogP contribution in [-0.4, -0.2) is 12.6 Å². The molecule has 0 spiro atoms. The Kier molecular flexibility index (Phi) is 2.06. The zero-order valence-electron chi connectivity index (χ0n) is 8.50. The van der Waals surface area contributed by atoms with Gasteiger partial charge in [-0.05, 0) is 49.3 Å². The lowest BCUT2D eigenvalue weighted by Crippen LogP contribution is -2.27. The van der Waals surface area contributed by atoms with Crippen molar-refractivity contribution in [2.75, 3.05) is 6.54 Å². The van der Waals surface area contributed by atoms with Crippen molar-refractivity contribution in [2.45, 2.75) is 37.6 Å². The minimum absolute atomic E-state index is 0.763. The van der Waals surface area contributed by atoms with Gasteiger partial charge >= 0.3 is 0 Å². The molecule has 0 radical (unpaired) electrons. The molecule has 2 atom stereocenters. The van der Waals surface area contributed by atoms with Crippen LogP contribution in [0.25, 0.3) is 0 Å². The number of hydrogen-bond acceptors (Lipinski definition) is 1. The molecule has 1 heteroatoms. The third-order valence-corrected chi connectivity index (χ3v) is 3.76. The molecular formula is C13H17N. The molecule has 1 nitrogen and oxygen atoms in total. The van der Waals surface area contributed by atoms with Crippen LogP contribution in [0.2, 0.25) is 0 Å². The van der Waals surface area contributed by atoms with Crippen molar-refractivity contribution in [3.63, 3.8) is 0 Å². The molecular weight excluding hydrogens is 170 g/mol. The fourth-order valence-corrected chi connectivity index (χ4v) is 3.06. The third kappa shape index (κ3) is 1.27. The standard InChI is InChI=1S/C13H17N/c1-2-5-11-10(4-1)7-8-12(11)13-6-3-9-14-13/h1-2,4-5,12-14H,3,6-9H2/t12-,13+/m1/s1. The molecule has 0 aromatic heterocycles. The number of aryl methyl sites for hydroxylation is 1. The molecule has 1 aliphatic heterocycles. The van der Waals surface area contributed by atoms with Gasteiger partial charge in [-0.1, -0.05) is 24.3 Å². The fraction of sp³-hybridized carbons (Fsp3) is 0.538. The molecule has 0 unspecified atom stereocenters. The van der Waals surface area contributed by atoms with E-state index in [1.807, 2.05) is 0 Å². The Labute approximate surface area is 85.5 Å². The summed E-state index contributed by atoms with van der Waals surface area (Å²) < 4.78 is 0. The quantitative estimate of drug-likeness (QED) is 0.712. The van der Waals surface area contributed by atoms with Gasteiger partial charge in [0.25, 0.3) is 0 Å². The molecule has 0 bridgehead atoms. The molecule has 1 aliphatic carbocycles. The lowest BCUT2D eigenvalue weighted by atomic mass is 9.92. The Hall–Kier alpha value is -0.820. The Morgan fingerprint density at radius 1 is 1.14 bits per heavy atom. The molecule has 3 rings (SSSR count). The average Bonchev–Trinajstić information content (AvgIpc) is 2.85. The lowest BCUT2D eigenvalue weighted by Gasteiger charge is -2.19. The highest BCUT2D eigenvalue weighted by atomic mass is 14.9. The Bertz CT molecular complexity index is 326. The first kappa shape index (κ1) is 8.49. The molecule has 14 heavy (non-hydrogen) atoms. The zero-order chi connectivity index (χ0) is 9.38. The van der Waals surface area contributed by atoms with Gasteiger partial charge in [-0.25, -0.2) is 0 Å². The normalized spacial score (nSPS) is 30.6. The second-order valence-electron chi connectivity index (χ2n) is 4.55. The highest BCUT2D eigenvalue weighted by Crippen LogP contribution is 2.37. The first-order valence-corrected chi connectivity index (χ1v) is 5.76. The van der Waals surface area contributed by atoms with Crippen molar-refractivity contribution in [1.82, 2.24) is 5.32 Å². The second-order valence-corrected chi connectivity index (χ2v) is 4.55. The number of nitrogens with one attached hydrogen (secondary N) is 1. The van der Waals surface area contributed by atoms with Gasteiger partial charge < -0.3 is 5.32 Å². The Balaban J connectivity index is 1.89. The van der Waals surface area contributed by atoms with Gasteiger partial charge in [0, 0.05) is 6.04 Å². The topological polar surface area (TPSA) is 12.0 Å². The molecule has 1 saturated heterocycles. The van der Waals surface area contributed by atoms with Crippen LogP contribution in [0, 0.1) is 0 Å². The first-order chi connectivity index (χ1) is 6.95. The van der Waals surface area contributed by atoms with Crippen molar-refractivity contribution < 1.29 is 0 Å². The monoisotopic (exact) mass is 187 g/mol. The lowest BCUT2D eigenvalue weighted by molar-refractivity contribution is 0.486. The summed E-state index contributed by atoms with van der Waals surface area (Å²) in [6.07, 6.45) is 5.39. The van der Waals surface area contributed by atoms with E-state index >= 15 is 0 Å². The SMILES string of the molecule is c1ccc2c(c1)CC[C@H]2[C@@H]1CCCN1. The van der Waals surface area contributed by atoms with Crippen molar-refractivity contribution in [3.8, 4) is 0 Å². The number of fused-ring (bicyclic) bond motifs is 1. The molecule has 0 amide bonds. The van der Waals surface area contributed by atoms with Gasteiger partial charge in [-0.15, -0.1) is 0 Å². The summed E-state index contributed by atoms with van der Waals surface area (Å²) >= 11 is 0. The van der Waals surface area contributed by atoms with Crippen LogP contribution in [0.3, 0.4) is 0 Å². The molecule has 1 N–H and O–H groups in total. The van der Waals surface area contributed by atoms with E-state index in [4.69, 9.17) is 0 Å².